The van der Waals surface area contributed by atoms with Crippen LogP contribution in [0.3, 0.4) is 0 Å². The number of rotatable bonds is 9. The van der Waals surface area contributed by atoms with Gasteiger partial charge in [0.2, 0.25) is 11.8 Å². The van der Waals surface area contributed by atoms with Gasteiger partial charge >= 0.3 is 0 Å². The minimum absolute atomic E-state index is 0.0958. The molecule has 0 aromatic rings. The van der Waals surface area contributed by atoms with Crippen molar-refractivity contribution in [1.29, 1.82) is 0 Å². The maximum absolute atomic E-state index is 13.8. The number of nitrogens with zero attached hydrogens (tertiary/aromatic N) is 4. The lowest BCUT2D eigenvalue weighted by atomic mass is 9.90. The Morgan fingerprint density at radius 2 is 1.57 bits per heavy atom. The van der Waals surface area contributed by atoms with Gasteiger partial charge in [-0.25, -0.2) is 0 Å². The summed E-state index contributed by atoms with van der Waals surface area (Å²) in [5.41, 5.74) is 0.759. The van der Waals surface area contributed by atoms with Gasteiger partial charge in [0, 0.05) is 26.2 Å². The fourth-order valence-corrected chi connectivity index (χ4v) is 6.70. The molecule has 6 nitrogen and oxygen atoms in total. The highest BCUT2D eigenvalue weighted by Crippen LogP contribution is 2.53. The highest BCUT2D eigenvalue weighted by Gasteiger charge is 2.44. The molecule has 0 radical (unpaired) electrons. The molecule has 6 heteroatoms. The van der Waals surface area contributed by atoms with Gasteiger partial charge in [-0.3, -0.25) is 14.5 Å². The van der Waals surface area contributed by atoms with Crippen LogP contribution in [0.4, 0.5) is 0 Å². The first-order valence-corrected chi connectivity index (χ1v) is 14.7. The molecular weight excluding hydrogens is 436 g/mol. The summed E-state index contributed by atoms with van der Waals surface area (Å²) in [6, 6.07) is -0.396. The average Bonchev–Trinajstić information content (AvgIpc) is 3.59. The number of carbonyl (C=O) groups excluding carboxylic acids is 2. The Labute approximate surface area is 214 Å². The molecule has 1 unspecified atom stereocenters. The topological polar surface area (TPSA) is 47.1 Å². The minimum atomic E-state index is -0.300. The minimum Gasteiger partial charge on any atom is -0.341 e. The second-order valence-corrected chi connectivity index (χ2v) is 13.2. The Balaban J connectivity index is 1.29. The van der Waals surface area contributed by atoms with Crippen molar-refractivity contribution < 1.29 is 9.59 Å². The van der Waals surface area contributed by atoms with Crippen molar-refractivity contribution in [2.24, 2.45) is 23.2 Å². The van der Waals surface area contributed by atoms with E-state index in [1.54, 1.807) is 0 Å². The van der Waals surface area contributed by atoms with E-state index < -0.39 is 0 Å². The summed E-state index contributed by atoms with van der Waals surface area (Å²) < 4.78 is 0. The van der Waals surface area contributed by atoms with Crippen LogP contribution in [0, 0.1) is 23.2 Å². The van der Waals surface area contributed by atoms with E-state index in [2.05, 4.69) is 49.4 Å². The molecule has 0 aromatic heterocycles. The Kier molecular flexibility index (Phi) is 8.84. The third-order valence-corrected chi connectivity index (χ3v) is 9.50. The number of carbonyl (C=O) groups is 2. The van der Waals surface area contributed by atoms with Crippen LogP contribution < -0.4 is 0 Å². The van der Waals surface area contributed by atoms with Crippen LogP contribution in [0.25, 0.3) is 0 Å². The molecule has 0 bridgehead atoms. The summed E-state index contributed by atoms with van der Waals surface area (Å²) >= 11 is 0. The smallest absolute Gasteiger partial charge is 0.245 e. The fraction of sp³-hybridized carbons (Fsp3) is 0.931. The quantitative estimate of drug-likeness (QED) is 0.490. The Morgan fingerprint density at radius 3 is 2.14 bits per heavy atom. The SMILES string of the molecule is CC(C)CC(C(=O)N1CCC(CCN2CCC3(CC2)CC3)CC1)N1CCN(C)[C@@H](CC(C)C)C1=O. The second-order valence-electron chi connectivity index (χ2n) is 13.2. The van der Waals surface area contributed by atoms with Crippen LogP contribution >= 0.6 is 0 Å². The third-order valence-electron chi connectivity index (χ3n) is 9.50. The highest BCUT2D eigenvalue weighted by atomic mass is 16.2. The molecule has 3 saturated heterocycles. The fourth-order valence-electron chi connectivity index (χ4n) is 6.70. The van der Waals surface area contributed by atoms with Crippen molar-refractivity contribution in [2.45, 2.75) is 97.6 Å². The Bertz CT molecular complexity index is 716. The summed E-state index contributed by atoms with van der Waals surface area (Å²) in [5.74, 6) is 1.95. The first kappa shape index (κ1) is 26.9. The van der Waals surface area contributed by atoms with E-state index >= 15 is 0 Å². The van der Waals surface area contributed by atoms with E-state index in [-0.39, 0.29) is 23.9 Å². The zero-order chi connectivity index (χ0) is 25.2. The first-order valence-electron chi connectivity index (χ1n) is 14.7. The molecule has 0 N–H and O–H groups in total. The predicted octanol–water partition coefficient (Wildman–Crippen LogP) is 4.09. The maximum atomic E-state index is 13.8. The second kappa shape index (κ2) is 11.5. The molecule has 2 atom stereocenters. The van der Waals surface area contributed by atoms with E-state index in [1.165, 1.54) is 51.7 Å². The standard InChI is InChI=1S/C29H52N4O2/c1-22(2)20-25-28(35)33(19-18-30(25)5)26(21-23(3)4)27(34)32-14-7-24(8-15-32)6-13-31-16-11-29(9-10-29)12-17-31/h22-26H,6-21H2,1-5H3/t25-,26?/m0/s1. The van der Waals surface area contributed by atoms with Crippen LogP contribution in [-0.4, -0.2) is 96.4 Å². The van der Waals surface area contributed by atoms with Crippen LogP contribution in [0.1, 0.15) is 85.5 Å². The summed E-state index contributed by atoms with van der Waals surface area (Å²) in [7, 11) is 2.06. The average molecular weight is 489 g/mol. The number of hydrogen-bond acceptors (Lipinski definition) is 4. The molecular formula is C29H52N4O2. The van der Waals surface area contributed by atoms with Gasteiger partial charge in [-0.15, -0.1) is 0 Å². The summed E-state index contributed by atoms with van der Waals surface area (Å²) in [4.78, 5) is 36.2. The zero-order valence-electron chi connectivity index (χ0n) is 23.3. The van der Waals surface area contributed by atoms with Gasteiger partial charge in [0.15, 0.2) is 0 Å². The molecule has 4 rings (SSSR count). The van der Waals surface area contributed by atoms with Crippen LogP contribution in [0.2, 0.25) is 0 Å². The number of amides is 2. The first-order chi connectivity index (χ1) is 16.7. The van der Waals surface area contributed by atoms with Gasteiger partial charge < -0.3 is 14.7 Å². The molecule has 0 aromatic carbocycles. The van der Waals surface area contributed by atoms with Gasteiger partial charge in [0.25, 0.3) is 0 Å². The van der Waals surface area contributed by atoms with Crippen LogP contribution in [0.5, 0.6) is 0 Å². The number of likely N-dealkylation sites (N-methyl/N-ethyl adjacent to an activating group) is 1. The largest absolute Gasteiger partial charge is 0.341 e. The van der Waals surface area contributed by atoms with Gasteiger partial charge in [-0.05, 0) is 108 Å². The van der Waals surface area contributed by atoms with Gasteiger partial charge in [-0.1, -0.05) is 27.7 Å². The highest BCUT2D eigenvalue weighted by molar-refractivity contribution is 5.90. The lowest BCUT2D eigenvalue weighted by Gasteiger charge is -2.44. The zero-order valence-corrected chi connectivity index (χ0v) is 23.3. The number of piperidine rings is 2. The molecule has 1 spiro atoms. The van der Waals surface area contributed by atoms with E-state index in [0.717, 1.165) is 56.7 Å². The van der Waals surface area contributed by atoms with Gasteiger partial charge in [0.1, 0.15) is 6.04 Å². The lowest BCUT2D eigenvalue weighted by Crippen LogP contribution is -2.62. The normalized spacial score (nSPS) is 27.3. The summed E-state index contributed by atoms with van der Waals surface area (Å²) in [6.07, 6.45) is 10.9. The van der Waals surface area contributed by atoms with Crippen molar-refractivity contribution >= 4 is 11.8 Å². The number of piperazine rings is 1. The predicted molar refractivity (Wildman–Crippen MR) is 142 cm³/mol. The maximum Gasteiger partial charge on any atom is 0.245 e. The molecule has 4 aliphatic rings. The number of likely N-dealkylation sites (tertiary alicyclic amines) is 2. The third kappa shape index (κ3) is 6.80. The Hall–Kier alpha value is -1.14. The molecule has 200 valence electrons. The molecule has 1 aliphatic carbocycles. The molecule has 3 aliphatic heterocycles. The van der Waals surface area contributed by atoms with Gasteiger partial charge in [0.05, 0.1) is 6.04 Å². The summed E-state index contributed by atoms with van der Waals surface area (Å²) in [5, 5.41) is 0. The molecule has 35 heavy (non-hydrogen) atoms. The van der Waals surface area contributed by atoms with Gasteiger partial charge in [-0.2, -0.15) is 0 Å². The van der Waals surface area contributed by atoms with Crippen molar-refractivity contribution in [3.05, 3.63) is 0 Å². The van der Waals surface area contributed by atoms with Crippen LogP contribution in [-0.2, 0) is 9.59 Å². The molecule has 3 heterocycles. The number of hydrogen-bond donors (Lipinski definition) is 0. The van der Waals surface area contributed by atoms with Crippen molar-refractivity contribution in [2.75, 3.05) is 52.9 Å². The van der Waals surface area contributed by atoms with Crippen molar-refractivity contribution in [3.8, 4) is 0 Å². The van der Waals surface area contributed by atoms with E-state index in [4.69, 9.17) is 0 Å². The molecule has 2 amide bonds. The van der Waals surface area contributed by atoms with E-state index in [9.17, 15) is 9.59 Å². The van der Waals surface area contributed by atoms with Crippen molar-refractivity contribution in [1.82, 2.24) is 19.6 Å². The van der Waals surface area contributed by atoms with E-state index in [0.29, 0.717) is 18.4 Å². The monoisotopic (exact) mass is 488 g/mol. The molecule has 4 fully saturated rings. The van der Waals surface area contributed by atoms with Crippen molar-refractivity contribution in [3.63, 3.8) is 0 Å². The molecule has 1 saturated carbocycles. The Morgan fingerprint density at radius 1 is 0.914 bits per heavy atom. The lowest BCUT2D eigenvalue weighted by molar-refractivity contribution is -0.154. The van der Waals surface area contributed by atoms with Crippen LogP contribution in [0.15, 0.2) is 0 Å². The van der Waals surface area contributed by atoms with E-state index in [1.807, 2.05) is 4.90 Å². The summed E-state index contributed by atoms with van der Waals surface area (Å²) in [6.45, 7) is 15.8.